The zero-order valence-corrected chi connectivity index (χ0v) is 13.5. The number of hydrogen-bond donors (Lipinski definition) is 2. The third kappa shape index (κ3) is 2.37. The van der Waals surface area contributed by atoms with E-state index in [0.717, 1.165) is 36.8 Å². The van der Waals surface area contributed by atoms with Crippen LogP contribution in [-0.4, -0.2) is 37.5 Å². The Morgan fingerprint density at radius 3 is 3.04 bits per heavy atom. The molecule has 6 nitrogen and oxygen atoms in total. The monoisotopic (exact) mass is 314 g/mol. The van der Waals surface area contributed by atoms with Gasteiger partial charge in [0.1, 0.15) is 18.4 Å². The second kappa shape index (κ2) is 5.53. The second-order valence-electron chi connectivity index (χ2n) is 6.64. The van der Waals surface area contributed by atoms with Crippen molar-refractivity contribution in [3.63, 3.8) is 0 Å². The molecule has 1 aromatic rings. The minimum Gasteiger partial charge on any atom is -0.483 e. The van der Waals surface area contributed by atoms with Gasteiger partial charge in [-0.1, -0.05) is 13.0 Å². The number of carbonyl (C=O) groups excluding carboxylic acids is 1. The molecule has 6 heteroatoms. The van der Waals surface area contributed by atoms with Crippen LogP contribution in [0.4, 0.5) is 5.69 Å². The van der Waals surface area contributed by atoms with E-state index in [4.69, 9.17) is 4.74 Å². The number of nitrogens with zero attached hydrogens (tertiary/aromatic N) is 2. The van der Waals surface area contributed by atoms with Gasteiger partial charge in [-0.2, -0.15) is 5.10 Å². The summed E-state index contributed by atoms with van der Waals surface area (Å²) in [7, 11) is 0. The lowest BCUT2D eigenvalue weighted by atomic mass is 9.82. The van der Waals surface area contributed by atoms with Gasteiger partial charge in [0.25, 0.3) is 5.91 Å². The molecule has 0 aromatic heterocycles. The smallest absolute Gasteiger partial charge is 0.262 e. The van der Waals surface area contributed by atoms with Crippen molar-refractivity contribution < 1.29 is 9.53 Å². The van der Waals surface area contributed by atoms with E-state index in [-0.39, 0.29) is 11.9 Å². The van der Waals surface area contributed by atoms with E-state index in [0.29, 0.717) is 18.4 Å². The molecule has 3 aliphatic heterocycles. The minimum atomic E-state index is -0.272. The standard InChI is InChI=1S/C17H22N4O2/c1-10-8-18-6-5-13(10)12-3-4-15-14(7-12)21-11(2)17(22)20-19-16(21)9-23-15/h3-4,7,10-11,13,18H,5-6,8-9H2,1-2H3,(H,20,22). The summed E-state index contributed by atoms with van der Waals surface area (Å²) < 4.78 is 5.81. The highest BCUT2D eigenvalue weighted by Crippen LogP contribution is 2.39. The van der Waals surface area contributed by atoms with Crippen LogP contribution in [0.1, 0.15) is 31.7 Å². The molecule has 1 aromatic carbocycles. The molecule has 3 heterocycles. The molecule has 3 aliphatic rings. The van der Waals surface area contributed by atoms with Crippen LogP contribution in [0, 0.1) is 5.92 Å². The lowest BCUT2D eigenvalue weighted by molar-refractivity contribution is -0.122. The maximum atomic E-state index is 12.0. The Morgan fingerprint density at radius 2 is 2.22 bits per heavy atom. The van der Waals surface area contributed by atoms with Crippen LogP contribution < -0.4 is 20.4 Å². The highest BCUT2D eigenvalue weighted by molar-refractivity contribution is 6.09. The van der Waals surface area contributed by atoms with Crippen molar-refractivity contribution in [2.24, 2.45) is 11.0 Å². The number of amides is 1. The van der Waals surface area contributed by atoms with E-state index in [1.165, 1.54) is 5.56 Å². The van der Waals surface area contributed by atoms with Crippen LogP contribution in [0.15, 0.2) is 23.3 Å². The molecule has 0 saturated carbocycles. The summed E-state index contributed by atoms with van der Waals surface area (Å²) in [5.41, 5.74) is 4.84. The molecule has 23 heavy (non-hydrogen) atoms. The molecule has 4 rings (SSSR count). The first kappa shape index (κ1) is 14.5. The van der Waals surface area contributed by atoms with Gasteiger partial charge in [0.2, 0.25) is 0 Å². The van der Waals surface area contributed by atoms with Crippen molar-refractivity contribution in [2.45, 2.75) is 32.2 Å². The fourth-order valence-corrected chi connectivity index (χ4v) is 3.78. The molecule has 3 unspecified atom stereocenters. The maximum absolute atomic E-state index is 12.0. The Bertz CT molecular complexity index is 673. The van der Waals surface area contributed by atoms with Gasteiger partial charge in [-0.15, -0.1) is 0 Å². The van der Waals surface area contributed by atoms with Gasteiger partial charge in [0, 0.05) is 0 Å². The van der Waals surface area contributed by atoms with Crippen molar-refractivity contribution in [3.05, 3.63) is 23.8 Å². The van der Waals surface area contributed by atoms with E-state index < -0.39 is 0 Å². The number of hydrogen-bond acceptors (Lipinski definition) is 5. The number of anilines is 1. The van der Waals surface area contributed by atoms with Gasteiger partial charge in [-0.3, -0.25) is 4.79 Å². The van der Waals surface area contributed by atoms with E-state index in [1.807, 2.05) is 17.9 Å². The first-order valence-corrected chi connectivity index (χ1v) is 8.28. The lowest BCUT2D eigenvalue weighted by Crippen LogP contribution is -2.55. The third-order valence-electron chi connectivity index (χ3n) is 5.15. The quantitative estimate of drug-likeness (QED) is 0.823. The number of benzene rings is 1. The predicted molar refractivity (Wildman–Crippen MR) is 88.8 cm³/mol. The highest BCUT2D eigenvalue weighted by atomic mass is 16.5. The lowest BCUT2D eigenvalue weighted by Gasteiger charge is -2.39. The summed E-state index contributed by atoms with van der Waals surface area (Å²) in [4.78, 5) is 14.0. The van der Waals surface area contributed by atoms with E-state index in [9.17, 15) is 4.79 Å². The Kier molecular flexibility index (Phi) is 3.49. The zero-order valence-electron chi connectivity index (χ0n) is 13.5. The number of ether oxygens (including phenoxy) is 1. The van der Waals surface area contributed by atoms with Gasteiger partial charge in [-0.05, 0) is 56.0 Å². The number of fused-ring (bicyclic) bond motifs is 3. The van der Waals surface area contributed by atoms with Crippen molar-refractivity contribution in [1.29, 1.82) is 0 Å². The molecule has 1 amide bonds. The maximum Gasteiger partial charge on any atom is 0.262 e. The average Bonchev–Trinajstić information content (AvgIpc) is 2.57. The molecule has 0 spiro atoms. The van der Waals surface area contributed by atoms with Gasteiger partial charge >= 0.3 is 0 Å². The predicted octanol–water partition coefficient (Wildman–Crippen LogP) is 1.43. The molecule has 1 fully saturated rings. The number of rotatable bonds is 1. The minimum absolute atomic E-state index is 0.0813. The van der Waals surface area contributed by atoms with Crippen LogP contribution in [0.25, 0.3) is 0 Å². The van der Waals surface area contributed by atoms with Crippen molar-refractivity contribution in [2.75, 3.05) is 24.6 Å². The third-order valence-corrected chi connectivity index (χ3v) is 5.15. The van der Waals surface area contributed by atoms with Gasteiger partial charge < -0.3 is 15.0 Å². The Balaban J connectivity index is 1.74. The molecule has 0 radical (unpaired) electrons. The SMILES string of the molecule is CC1CNCCC1c1ccc2c(c1)N1C(=NNC(=O)C1C)CO2. The van der Waals surface area contributed by atoms with E-state index >= 15 is 0 Å². The molecule has 0 bridgehead atoms. The topological polar surface area (TPSA) is 66.0 Å². The summed E-state index contributed by atoms with van der Waals surface area (Å²) >= 11 is 0. The summed E-state index contributed by atoms with van der Waals surface area (Å²) in [6, 6.07) is 6.12. The zero-order chi connectivity index (χ0) is 16.0. The van der Waals surface area contributed by atoms with Gasteiger partial charge in [-0.25, -0.2) is 5.43 Å². The van der Waals surface area contributed by atoms with Gasteiger partial charge in [0.15, 0.2) is 5.84 Å². The molecule has 0 aliphatic carbocycles. The van der Waals surface area contributed by atoms with Gasteiger partial charge in [0.05, 0.1) is 5.69 Å². The van der Waals surface area contributed by atoms with Crippen molar-refractivity contribution in [1.82, 2.24) is 10.7 Å². The summed E-state index contributed by atoms with van der Waals surface area (Å²) in [5.74, 6) is 2.65. The number of nitrogens with one attached hydrogen (secondary N) is 2. The fraction of sp³-hybridized carbons (Fsp3) is 0.529. The molecule has 1 saturated heterocycles. The van der Waals surface area contributed by atoms with E-state index in [1.54, 1.807) is 0 Å². The molecule has 3 atom stereocenters. The summed E-state index contributed by atoms with van der Waals surface area (Å²) in [6.07, 6.45) is 1.14. The number of carbonyl (C=O) groups is 1. The number of amidine groups is 1. The van der Waals surface area contributed by atoms with E-state index in [2.05, 4.69) is 34.9 Å². The largest absolute Gasteiger partial charge is 0.483 e. The number of piperidine rings is 1. The summed E-state index contributed by atoms with van der Waals surface area (Å²) in [5, 5.41) is 7.59. The van der Waals surface area contributed by atoms with Crippen LogP contribution in [-0.2, 0) is 4.79 Å². The average molecular weight is 314 g/mol. The number of hydrazone groups is 1. The van der Waals surface area contributed by atoms with Crippen LogP contribution >= 0.6 is 0 Å². The molecular formula is C17H22N4O2. The Morgan fingerprint density at radius 1 is 1.35 bits per heavy atom. The second-order valence-corrected chi connectivity index (χ2v) is 6.64. The van der Waals surface area contributed by atoms with Crippen molar-refractivity contribution in [3.8, 4) is 5.75 Å². The first-order chi connectivity index (χ1) is 11.1. The Hall–Kier alpha value is -2.08. The fourth-order valence-electron chi connectivity index (χ4n) is 3.78. The highest BCUT2D eigenvalue weighted by Gasteiger charge is 2.35. The molecular weight excluding hydrogens is 292 g/mol. The van der Waals surface area contributed by atoms with Crippen LogP contribution in [0.2, 0.25) is 0 Å². The van der Waals surface area contributed by atoms with Crippen molar-refractivity contribution >= 4 is 17.4 Å². The van der Waals surface area contributed by atoms with Crippen LogP contribution in [0.5, 0.6) is 5.75 Å². The Labute approximate surface area is 135 Å². The normalized spacial score (nSPS) is 29.8. The molecule has 2 N–H and O–H groups in total. The van der Waals surface area contributed by atoms with Crippen LogP contribution in [0.3, 0.4) is 0 Å². The molecule has 122 valence electrons. The summed E-state index contributed by atoms with van der Waals surface area (Å²) in [6.45, 7) is 6.68. The first-order valence-electron chi connectivity index (χ1n) is 8.28.